The number of aryl methyl sites for hydroxylation is 1. The number of para-hydroxylation sites is 1. The highest BCUT2D eigenvalue weighted by Gasteiger charge is 2.06. The summed E-state index contributed by atoms with van der Waals surface area (Å²) in [5.74, 6) is 0.711. The zero-order chi connectivity index (χ0) is 14.9. The smallest absolute Gasteiger partial charge is 0.173 e. The van der Waals surface area contributed by atoms with Crippen molar-refractivity contribution in [1.29, 1.82) is 0 Å². The summed E-state index contributed by atoms with van der Waals surface area (Å²) in [6.45, 7) is 0.614. The third-order valence-corrected chi connectivity index (χ3v) is 3.23. The lowest BCUT2D eigenvalue weighted by molar-refractivity contribution is 0.304. The molecule has 0 saturated carbocycles. The van der Waals surface area contributed by atoms with Crippen LogP contribution in [-0.4, -0.2) is 17.6 Å². The number of rotatable bonds is 7. The maximum absolute atomic E-state index is 8.76. The maximum Gasteiger partial charge on any atom is 0.173 e. The van der Waals surface area contributed by atoms with Crippen molar-refractivity contribution in [1.82, 2.24) is 0 Å². The fourth-order valence-electron chi connectivity index (χ4n) is 2.12. The average molecular weight is 284 g/mol. The largest absolute Gasteiger partial charge is 0.493 e. The van der Waals surface area contributed by atoms with Crippen LogP contribution in [-0.2, 0) is 6.42 Å². The van der Waals surface area contributed by atoms with Crippen LogP contribution in [0.5, 0.6) is 5.75 Å². The summed E-state index contributed by atoms with van der Waals surface area (Å²) < 4.78 is 5.73. The van der Waals surface area contributed by atoms with Crippen molar-refractivity contribution >= 4 is 5.84 Å². The Morgan fingerprint density at radius 3 is 2.48 bits per heavy atom. The highest BCUT2D eigenvalue weighted by Crippen LogP contribution is 2.18. The number of ether oxygens (including phenoxy) is 1. The zero-order valence-corrected chi connectivity index (χ0v) is 11.9. The molecule has 0 aliphatic carbocycles. The van der Waals surface area contributed by atoms with Crippen LogP contribution in [0.15, 0.2) is 59.8 Å². The monoisotopic (exact) mass is 284 g/mol. The number of hydrogen-bond donors (Lipinski definition) is 2. The predicted octanol–water partition coefficient (Wildman–Crippen LogP) is 3.18. The van der Waals surface area contributed by atoms with Crippen LogP contribution in [0.1, 0.15) is 24.0 Å². The molecular formula is C17H20N2O2. The molecular weight excluding hydrogens is 264 g/mol. The lowest BCUT2D eigenvalue weighted by Gasteiger charge is -2.10. The number of benzene rings is 2. The van der Waals surface area contributed by atoms with Gasteiger partial charge < -0.3 is 15.7 Å². The van der Waals surface area contributed by atoms with E-state index >= 15 is 0 Å². The summed E-state index contributed by atoms with van der Waals surface area (Å²) in [7, 11) is 0. The van der Waals surface area contributed by atoms with E-state index in [1.165, 1.54) is 5.56 Å². The fourth-order valence-corrected chi connectivity index (χ4v) is 2.12. The van der Waals surface area contributed by atoms with Gasteiger partial charge in [0.15, 0.2) is 5.84 Å². The molecule has 2 aromatic carbocycles. The Bertz CT molecular complexity index is 582. The van der Waals surface area contributed by atoms with Gasteiger partial charge in [-0.05, 0) is 37.0 Å². The van der Waals surface area contributed by atoms with Crippen molar-refractivity contribution in [3.05, 3.63) is 65.7 Å². The molecule has 0 unspecified atom stereocenters. The summed E-state index contributed by atoms with van der Waals surface area (Å²) in [6, 6.07) is 17.7. The first-order valence-electron chi connectivity index (χ1n) is 7.05. The van der Waals surface area contributed by atoms with Gasteiger partial charge in [0.05, 0.1) is 12.2 Å². The number of hydrogen-bond acceptors (Lipinski definition) is 3. The van der Waals surface area contributed by atoms with Gasteiger partial charge in [0.25, 0.3) is 0 Å². The summed E-state index contributed by atoms with van der Waals surface area (Å²) in [6.07, 6.45) is 3.07. The Morgan fingerprint density at radius 2 is 1.71 bits per heavy atom. The van der Waals surface area contributed by atoms with Crippen LogP contribution in [0.2, 0.25) is 0 Å². The van der Waals surface area contributed by atoms with Gasteiger partial charge in [-0.15, -0.1) is 0 Å². The molecule has 4 nitrogen and oxygen atoms in total. The second kappa shape index (κ2) is 7.94. The third kappa shape index (κ3) is 4.53. The van der Waals surface area contributed by atoms with Crippen molar-refractivity contribution in [2.75, 3.05) is 6.61 Å². The minimum absolute atomic E-state index is 0.0647. The highest BCUT2D eigenvalue weighted by molar-refractivity contribution is 5.99. The summed E-state index contributed by atoms with van der Waals surface area (Å²) in [5.41, 5.74) is 7.58. The summed E-state index contributed by atoms with van der Waals surface area (Å²) in [5, 5.41) is 11.8. The van der Waals surface area contributed by atoms with E-state index in [1.807, 2.05) is 24.3 Å². The van der Waals surface area contributed by atoms with E-state index in [1.54, 1.807) is 6.07 Å². The number of amidine groups is 1. The number of unbranched alkanes of at least 4 members (excludes halogenated alkanes) is 1. The third-order valence-electron chi connectivity index (χ3n) is 3.23. The maximum atomic E-state index is 8.76. The molecule has 0 bridgehead atoms. The van der Waals surface area contributed by atoms with E-state index in [4.69, 9.17) is 15.7 Å². The molecule has 0 aromatic heterocycles. The second-order valence-electron chi connectivity index (χ2n) is 4.77. The van der Waals surface area contributed by atoms with Crippen molar-refractivity contribution in [2.45, 2.75) is 19.3 Å². The minimum Gasteiger partial charge on any atom is -0.493 e. The van der Waals surface area contributed by atoms with Gasteiger partial charge in [-0.25, -0.2) is 0 Å². The van der Waals surface area contributed by atoms with E-state index in [9.17, 15) is 0 Å². The standard InChI is InChI=1S/C17H20N2O2/c18-17(19-20)15-11-4-5-12-16(15)21-13-7-6-10-14-8-2-1-3-9-14/h1-5,8-9,11-12,20H,6-7,10,13H2,(H2,18,19). The molecule has 21 heavy (non-hydrogen) atoms. The van der Waals surface area contributed by atoms with Crippen molar-refractivity contribution in [3.63, 3.8) is 0 Å². The van der Waals surface area contributed by atoms with Gasteiger partial charge in [0.2, 0.25) is 0 Å². The molecule has 0 radical (unpaired) electrons. The lowest BCUT2D eigenvalue weighted by atomic mass is 10.1. The van der Waals surface area contributed by atoms with Crippen LogP contribution >= 0.6 is 0 Å². The van der Waals surface area contributed by atoms with Crippen molar-refractivity contribution in [3.8, 4) is 5.75 Å². The molecule has 0 amide bonds. The molecule has 0 aliphatic rings. The first-order chi connectivity index (χ1) is 10.3. The van der Waals surface area contributed by atoms with Crippen molar-refractivity contribution < 1.29 is 9.94 Å². The number of nitrogens with two attached hydrogens (primary N) is 1. The van der Waals surface area contributed by atoms with Gasteiger partial charge in [0, 0.05) is 0 Å². The normalized spacial score (nSPS) is 11.3. The van der Waals surface area contributed by atoms with Gasteiger partial charge in [-0.1, -0.05) is 47.6 Å². The highest BCUT2D eigenvalue weighted by atomic mass is 16.5. The Morgan fingerprint density at radius 1 is 1.00 bits per heavy atom. The molecule has 0 fully saturated rings. The summed E-state index contributed by atoms with van der Waals surface area (Å²) >= 11 is 0. The Balaban J connectivity index is 1.79. The molecule has 2 aromatic rings. The van der Waals surface area contributed by atoms with E-state index in [-0.39, 0.29) is 5.84 Å². The first-order valence-corrected chi connectivity index (χ1v) is 7.05. The van der Waals surface area contributed by atoms with Gasteiger partial charge in [0.1, 0.15) is 5.75 Å². The van der Waals surface area contributed by atoms with E-state index in [0.717, 1.165) is 19.3 Å². The molecule has 0 aliphatic heterocycles. The first kappa shape index (κ1) is 14.9. The molecule has 3 N–H and O–H groups in total. The fraction of sp³-hybridized carbons (Fsp3) is 0.235. The van der Waals surface area contributed by atoms with Crippen LogP contribution in [0.4, 0.5) is 0 Å². The Labute approximate surface area is 124 Å². The van der Waals surface area contributed by atoms with Crippen LogP contribution in [0.25, 0.3) is 0 Å². The lowest BCUT2D eigenvalue weighted by Crippen LogP contribution is -2.15. The Kier molecular flexibility index (Phi) is 5.64. The van der Waals surface area contributed by atoms with Gasteiger partial charge >= 0.3 is 0 Å². The van der Waals surface area contributed by atoms with Crippen LogP contribution in [0.3, 0.4) is 0 Å². The van der Waals surface area contributed by atoms with E-state index < -0.39 is 0 Å². The Hall–Kier alpha value is -2.49. The summed E-state index contributed by atoms with van der Waals surface area (Å²) in [4.78, 5) is 0. The van der Waals surface area contributed by atoms with Gasteiger partial charge in [-0.3, -0.25) is 0 Å². The quantitative estimate of drug-likeness (QED) is 0.270. The van der Waals surface area contributed by atoms with Crippen molar-refractivity contribution in [2.24, 2.45) is 10.9 Å². The molecule has 0 spiro atoms. The van der Waals surface area contributed by atoms with Crippen LogP contribution in [0, 0.1) is 0 Å². The molecule has 110 valence electrons. The molecule has 0 atom stereocenters. The molecule has 2 rings (SSSR count). The molecule has 4 heteroatoms. The van der Waals surface area contributed by atoms with E-state index in [0.29, 0.717) is 17.9 Å². The van der Waals surface area contributed by atoms with Crippen LogP contribution < -0.4 is 10.5 Å². The SMILES string of the molecule is N/C(=N/O)c1ccccc1OCCCCc1ccccc1. The zero-order valence-electron chi connectivity index (χ0n) is 11.9. The minimum atomic E-state index is 0.0647. The molecule has 0 saturated heterocycles. The average Bonchev–Trinajstić information content (AvgIpc) is 2.55. The van der Waals surface area contributed by atoms with Gasteiger partial charge in [-0.2, -0.15) is 0 Å². The second-order valence-corrected chi connectivity index (χ2v) is 4.77. The predicted molar refractivity (Wildman–Crippen MR) is 83.8 cm³/mol. The topological polar surface area (TPSA) is 67.8 Å². The molecule has 0 heterocycles. The number of nitrogens with zero attached hydrogens (tertiary/aromatic N) is 1. The number of oxime groups is 1. The van der Waals surface area contributed by atoms with E-state index in [2.05, 4.69) is 29.4 Å².